The molecule has 3 aromatic rings. The Labute approximate surface area is 154 Å². The molecule has 1 fully saturated rings. The predicted octanol–water partition coefficient (Wildman–Crippen LogP) is 3.89. The molecule has 1 amide bonds. The molecule has 0 unspecified atom stereocenters. The number of benzene rings is 1. The maximum absolute atomic E-state index is 12.9. The Balaban J connectivity index is 1.49. The highest BCUT2D eigenvalue weighted by molar-refractivity contribution is 5.88. The fourth-order valence-electron chi connectivity index (χ4n) is 4.04. The minimum atomic E-state index is 0.210. The molecule has 0 saturated carbocycles. The standard InChI is InChI=1S/C21H26N4O/c1-15(2)25-11-9-22-21(25)16-6-5-10-24(14-16)20(26)12-17-13-23-19-8-4-3-7-18(17)19/h3-4,7-9,11,13,15-16,23H,5-6,10,12,14H2,1-2H3/t16-/m0/s1. The van der Waals surface area contributed by atoms with E-state index in [4.69, 9.17) is 0 Å². The highest BCUT2D eigenvalue weighted by Gasteiger charge is 2.28. The number of amides is 1. The number of aromatic nitrogens is 3. The van der Waals surface area contributed by atoms with E-state index in [2.05, 4.69) is 34.4 Å². The van der Waals surface area contributed by atoms with Crippen molar-refractivity contribution in [3.8, 4) is 0 Å². The molecule has 3 heterocycles. The first-order valence-corrected chi connectivity index (χ1v) is 9.49. The van der Waals surface area contributed by atoms with Crippen molar-refractivity contribution in [3.63, 3.8) is 0 Å². The van der Waals surface area contributed by atoms with Crippen molar-refractivity contribution in [1.29, 1.82) is 0 Å². The number of fused-ring (bicyclic) bond motifs is 1. The number of carbonyl (C=O) groups is 1. The maximum Gasteiger partial charge on any atom is 0.227 e. The van der Waals surface area contributed by atoms with Crippen LogP contribution in [0.5, 0.6) is 0 Å². The second-order valence-corrected chi connectivity index (χ2v) is 7.50. The number of hydrogen-bond donors (Lipinski definition) is 1. The summed E-state index contributed by atoms with van der Waals surface area (Å²) in [7, 11) is 0. The molecule has 1 atom stereocenters. The molecular formula is C21H26N4O. The molecule has 0 bridgehead atoms. The number of likely N-dealkylation sites (tertiary alicyclic amines) is 1. The van der Waals surface area contributed by atoms with E-state index in [-0.39, 0.29) is 5.91 Å². The van der Waals surface area contributed by atoms with Crippen LogP contribution in [0, 0.1) is 0 Å². The third-order valence-electron chi connectivity index (χ3n) is 5.41. The van der Waals surface area contributed by atoms with E-state index < -0.39 is 0 Å². The van der Waals surface area contributed by atoms with Crippen LogP contribution in [-0.4, -0.2) is 38.4 Å². The number of para-hydroxylation sites is 1. The zero-order valence-corrected chi connectivity index (χ0v) is 15.5. The molecule has 5 nitrogen and oxygen atoms in total. The Kier molecular flexibility index (Phi) is 4.53. The number of nitrogens with zero attached hydrogens (tertiary/aromatic N) is 3. The van der Waals surface area contributed by atoms with E-state index in [9.17, 15) is 4.79 Å². The van der Waals surface area contributed by atoms with Crippen LogP contribution < -0.4 is 0 Å². The Morgan fingerprint density at radius 3 is 3.04 bits per heavy atom. The van der Waals surface area contributed by atoms with Crippen molar-refractivity contribution in [2.24, 2.45) is 0 Å². The lowest BCUT2D eigenvalue weighted by molar-refractivity contribution is -0.131. The highest BCUT2D eigenvalue weighted by atomic mass is 16.2. The van der Waals surface area contributed by atoms with Crippen LogP contribution in [0.1, 0.15) is 50.0 Å². The van der Waals surface area contributed by atoms with Crippen LogP contribution in [0.3, 0.4) is 0 Å². The first kappa shape index (κ1) is 16.9. The average molecular weight is 350 g/mol. The van der Waals surface area contributed by atoms with E-state index in [0.717, 1.165) is 48.2 Å². The quantitative estimate of drug-likeness (QED) is 0.776. The first-order chi connectivity index (χ1) is 12.6. The number of hydrogen-bond acceptors (Lipinski definition) is 2. The van der Waals surface area contributed by atoms with Crippen molar-refractivity contribution in [3.05, 3.63) is 54.2 Å². The van der Waals surface area contributed by atoms with Gasteiger partial charge in [0.1, 0.15) is 5.82 Å². The van der Waals surface area contributed by atoms with Crippen LogP contribution in [-0.2, 0) is 11.2 Å². The third-order valence-corrected chi connectivity index (χ3v) is 5.41. The number of imidazole rings is 1. The molecule has 26 heavy (non-hydrogen) atoms. The lowest BCUT2D eigenvalue weighted by atomic mass is 9.96. The highest BCUT2D eigenvalue weighted by Crippen LogP contribution is 2.28. The largest absolute Gasteiger partial charge is 0.361 e. The van der Waals surface area contributed by atoms with Gasteiger partial charge in [-0.3, -0.25) is 4.79 Å². The van der Waals surface area contributed by atoms with Gasteiger partial charge in [0.15, 0.2) is 0 Å². The maximum atomic E-state index is 12.9. The molecule has 1 saturated heterocycles. The number of rotatable bonds is 4. The van der Waals surface area contributed by atoms with Crippen LogP contribution in [0.25, 0.3) is 10.9 Å². The summed E-state index contributed by atoms with van der Waals surface area (Å²) in [6.07, 6.45) is 8.48. The second kappa shape index (κ2) is 6.98. The SMILES string of the molecule is CC(C)n1ccnc1[C@H]1CCCN(C(=O)Cc2c[nH]c3ccccc23)C1. The number of carbonyl (C=O) groups excluding carboxylic acids is 1. The van der Waals surface area contributed by atoms with Gasteiger partial charge in [0, 0.05) is 54.5 Å². The fraction of sp³-hybridized carbons (Fsp3) is 0.429. The molecule has 1 aliphatic heterocycles. The van der Waals surface area contributed by atoms with E-state index >= 15 is 0 Å². The van der Waals surface area contributed by atoms with Gasteiger partial charge < -0.3 is 14.5 Å². The molecular weight excluding hydrogens is 324 g/mol. The van der Waals surface area contributed by atoms with Gasteiger partial charge in [0.25, 0.3) is 0 Å². The van der Waals surface area contributed by atoms with Crippen molar-refractivity contribution in [1.82, 2.24) is 19.4 Å². The van der Waals surface area contributed by atoms with Crippen molar-refractivity contribution in [2.75, 3.05) is 13.1 Å². The second-order valence-electron chi connectivity index (χ2n) is 7.50. The number of piperidine rings is 1. The Morgan fingerprint density at radius 2 is 2.19 bits per heavy atom. The number of H-pyrrole nitrogens is 1. The molecule has 0 spiro atoms. The lowest BCUT2D eigenvalue weighted by Gasteiger charge is -2.33. The van der Waals surface area contributed by atoms with Gasteiger partial charge in [-0.1, -0.05) is 18.2 Å². The zero-order chi connectivity index (χ0) is 18.1. The molecule has 2 aromatic heterocycles. The minimum absolute atomic E-state index is 0.210. The Hall–Kier alpha value is -2.56. The van der Waals surface area contributed by atoms with Gasteiger partial charge in [-0.15, -0.1) is 0 Å². The summed E-state index contributed by atoms with van der Waals surface area (Å²) >= 11 is 0. The summed E-state index contributed by atoms with van der Waals surface area (Å²) in [5.74, 6) is 1.65. The van der Waals surface area contributed by atoms with Gasteiger partial charge in [-0.2, -0.15) is 0 Å². The summed E-state index contributed by atoms with van der Waals surface area (Å²) in [6, 6.07) is 8.55. The van der Waals surface area contributed by atoms with E-state index in [1.807, 2.05) is 41.7 Å². The van der Waals surface area contributed by atoms with Gasteiger partial charge in [-0.25, -0.2) is 4.98 Å². The molecule has 0 radical (unpaired) electrons. The molecule has 1 aromatic carbocycles. The minimum Gasteiger partial charge on any atom is -0.361 e. The lowest BCUT2D eigenvalue weighted by Crippen LogP contribution is -2.40. The molecule has 136 valence electrons. The van der Waals surface area contributed by atoms with Crippen LogP contribution in [0.2, 0.25) is 0 Å². The third kappa shape index (κ3) is 3.14. The molecule has 5 heteroatoms. The average Bonchev–Trinajstić information content (AvgIpc) is 3.29. The van der Waals surface area contributed by atoms with Gasteiger partial charge in [0.2, 0.25) is 5.91 Å². The normalized spacial score (nSPS) is 18.0. The zero-order valence-electron chi connectivity index (χ0n) is 15.5. The van der Waals surface area contributed by atoms with E-state index in [0.29, 0.717) is 18.4 Å². The summed E-state index contributed by atoms with van der Waals surface area (Å²) < 4.78 is 2.23. The number of nitrogens with one attached hydrogen (secondary N) is 1. The Morgan fingerprint density at radius 1 is 1.35 bits per heavy atom. The molecule has 0 aliphatic carbocycles. The van der Waals surface area contributed by atoms with Crippen LogP contribution in [0.4, 0.5) is 0 Å². The number of aromatic amines is 1. The summed E-state index contributed by atoms with van der Waals surface area (Å²) in [5, 5.41) is 1.14. The molecule has 4 rings (SSSR count). The Bertz CT molecular complexity index is 908. The van der Waals surface area contributed by atoms with E-state index in [1.54, 1.807) is 0 Å². The first-order valence-electron chi connectivity index (χ1n) is 9.49. The van der Waals surface area contributed by atoms with Gasteiger partial charge in [0.05, 0.1) is 6.42 Å². The smallest absolute Gasteiger partial charge is 0.227 e. The van der Waals surface area contributed by atoms with Crippen LogP contribution in [0.15, 0.2) is 42.9 Å². The summed E-state index contributed by atoms with van der Waals surface area (Å²) in [6.45, 7) is 5.97. The van der Waals surface area contributed by atoms with Crippen molar-refractivity contribution < 1.29 is 4.79 Å². The van der Waals surface area contributed by atoms with Crippen LogP contribution >= 0.6 is 0 Å². The van der Waals surface area contributed by atoms with Gasteiger partial charge in [-0.05, 0) is 38.3 Å². The summed E-state index contributed by atoms with van der Waals surface area (Å²) in [4.78, 5) is 22.8. The monoisotopic (exact) mass is 350 g/mol. The van der Waals surface area contributed by atoms with Crippen molar-refractivity contribution in [2.45, 2.75) is 45.1 Å². The topological polar surface area (TPSA) is 53.9 Å². The molecule has 1 aliphatic rings. The van der Waals surface area contributed by atoms with Gasteiger partial charge >= 0.3 is 0 Å². The molecule has 1 N–H and O–H groups in total. The van der Waals surface area contributed by atoms with Crippen molar-refractivity contribution >= 4 is 16.8 Å². The predicted molar refractivity (Wildman–Crippen MR) is 103 cm³/mol. The summed E-state index contributed by atoms with van der Waals surface area (Å²) in [5.41, 5.74) is 2.17. The fourth-order valence-corrected chi connectivity index (χ4v) is 4.04. The van der Waals surface area contributed by atoms with E-state index in [1.165, 1.54) is 0 Å².